The highest BCUT2D eigenvalue weighted by molar-refractivity contribution is 5.86. The summed E-state index contributed by atoms with van der Waals surface area (Å²) in [7, 11) is 0. The van der Waals surface area contributed by atoms with E-state index in [1.807, 2.05) is 0 Å². The van der Waals surface area contributed by atoms with Crippen LogP contribution < -0.4 is 5.32 Å². The largest absolute Gasteiger partial charge is 0.353 e. The van der Waals surface area contributed by atoms with Crippen molar-refractivity contribution < 1.29 is 9.59 Å². The van der Waals surface area contributed by atoms with Crippen molar-refractivity contribution in [3.8, 4) is 0 Å². The minimum Gasteiger partial charge on any atom is -0.353 e. The first-order valence-corrected chi connectivity index (χ1v) is 4.65. The Morgan fingerprint density at radius 1 is 1.53 bits per heavy atom. The standard InChI is InChI=1S/C10H13N3O2/c1-2-9(14)12-5-3-4-10(15)13-7-6-11-8-13/h2,6-8H,1,3-5H2,(H,12,14). The molecule has 0 atom stereocenters. The van der Waals surface area contributed by atoms with E-state index in [2.05, 4.69) is 16.9 Å². The smallest absolute Gasteiger partial charge is 0.243 e. The van der Waals surface area contributed by atoms with Crippen molar-refractivity contribution in [1.82, 2.24) is 14.9 Å². The molecule has 1 N–H and O–H groups in total. The van der Waals surface area contributed by atoms with E-state index in [-0.39, 0.29) is 11.8 Å². The van der Waals surface area contributed by atoms with Gasteiger partial charge < -0.3 is 5.32 Å². The molecule has 0 bridgehead atoms. The number of carbonyl (C=O) groups excluding carboxylic acids is 2. The molecule has 0 saturated heterocycles. The molecule has 0 spiro atoms. The Morgan fingerprint density at radius 2 is 2.33 bits per heavy atom. The molecule has 1 amide bonds. The Labute approximate surface area is 87.8 Å². The van der Waals surface area contributed by atoms with Gasteiger partial charge in [0, 0.05) is 25.4 Å². The summed E-state index contributed by atoms with van der Waals surface area (Å²) in [4.78, 5) is 25.9. The molecular weight excluding hydrogens is 194 g/mol. The Kier molecular flexibility index (Phi) is 4.28. The fraction of sp³-hybridized carbons (Fsp3) is 0.300. The first kappa shape index (κ1) is 11.2. The zero-order valence-electron chi connectivity index (χ0n) is 8.35. The molecule has 80 valence electrons. The van der Waals surface area contributed by atoms with Crippen LogP contribution in [0.5, 0.6) is 0 Å². The van der Waals surface area contributed by atoms with E-state index < -0.39 is 0 Å². The molecule has 0 unspecified atom stereocenters. The van der Waals surface area contributed by atoms with Crippen LogP contribution in [0.4, 0.5) is 0 Å². The molecule has 0 aliphatic carbocycles. The van der Waals surface area contributed by atoms with Gasteiger partial charge in [0.05, 0.1) is 0 Å². The molecule has 0 saturated carbocycles. The Hall–Kier alpha value is -1.91. The second-order valence-electron chi connectivity index (χ2n) is 2.96. The lowest BCUT2D eigenvalue weighted by Gasteiger charge is -2.02. The molecule has 0 radical (unpaired) electrons. The molecule has 1 aromatic heterocycles. The van der Waals surface area contributed by atoms with Crippen LogP contribution in [0.15, 0.2) is 31.4 Å². The monoisotopic (exact) mass is 207 g/mol. The predicted octanol–water partition coefficient (Wildman–Crippen LogP) is 0.606. The average Bonchev–Trinajstić information content (AvgIpc) is 2.77. The molecular formula is C10H13N3O2. The summed E-state index contributed by atoms with van der Waals surface area (Å²) in [6.07, 6.45) is 6.81. The van der Waals surface area contributed by atoms with Crippen LogP contribution in [0.25, 0.3) is 0 Å². The van der Waals surface area contributed by atoms with Crippen LogP contribution in [0.3, 0.4) is 0 Å². The van der Waals surface area contributed by atoms with Crippen molar-refractivity contribution in [2.75, 3.05) is 6.54 Å². The van der Waals surface area contributed by atoms with Gasteiger partial charge in [-0.05, 0) is 12.5 Å². The zero-order chi connectivity index (χ0) is 11.1. The van der Waals surface area contributed by atoms with Gasteiger partial charge in [0.15, 0.2) is 0 Å². The normalized spacial score (nSPS) is 9.60. The highest BCUT2D eigenvalue weighted by atomic mass is 16.2. The minimum absolute atomic E-state index is 0.0275. The van der Waals surface area contributed by atoms with Crippen LogP contribution in [0.2, 0.25) is 0 Å². The number of rotatable bonds is 5. The molecule has 0 fully saturated rings. The van der Waals surface area contributed by atoms with Crippen molar-refractivity contribution in [2.24, 2.45) is 0 Å². The predicted molar refractivity (Wildman–Crippen MR) is 55.3 cm³/mol. The van der Waals surface area contributed by atoms with Gasteiger partial charge in [-0.2, -0.15) is 0 Å². The van der Waals surface area contributed by atoms with Gasteiger partial charge in [-0.25, -0.2) is 4.98 Å². The summed E-state index contributed by atoms with van der Waals surface area (Å²) in [5, 5.41) is 2.60. The quantitative estimate of drug-likeness (QED) is 0.568. The van der Waals surface area contributed by atoms with Gasteiger partial charge in [-0.1, -0.05) is 6.58 Å². The number of nitrogens with zero attached hydrogens (tertiary/aromatic N) is 2. The maximum absolute atomic E-state index is 11.4. The maximum Gasteiger partial charge on any atom is 0.243 e. The molecule has 5 nitrogen and oxygen atoms in total. The van der Waals surface area contributed by atoms with Crippen molar-refractivity contribution in [1.29, 1.82) is 0 Å². The van der Waals surface area contributed by atoms with Gasteiger partial charge in [-0.3, -0.25) is 14.2 Å². The fourth-order valence-electron chi connectivity index (χ4n) is 1.06. The van der Waals surface area contributed by atoms with Crippen LogP contribution >= 0.6 is 0 Å². The van der Waals surface area contributed by atoms with E-state index in [4.69, 9.17) is 0 Å². The Bertz CT molecular complexity index is 344. The van der Waals surface area contributed by atoms with Crippen molar-refractivity contribution >= 4 is 11.8 Å². The van der Waals surface area contributed by atoms with E-state index >= 15 is 0 Å². The number of amides is 1. The Balaban J connectivity index is 2.18. The highest BCUT2D eigenvalue weighted by Gasteiger charge is 2.03. The first-order valence-electron chi connectivity index (χ1n) is 4.65. The SMILES string of the molecule is C=CC(=O)NCCCC(=O)n1ccnc1. The van der Waals surface area contributed by atoms with E-state index in [0.717, 1.165) is 0 Å². The number of hydrogen-bond acceptors (Lipinski definition) is 3. The highest BCUT2D eigenvalue weighted by Crippen LogP contribution is 1.94. The summed E-state index contributed by atoms with van der Waals surface area (Å²) >= 11 is 0. The van der Waals surface area contributed by atoms with Gasteiger partial charge in [0.25, 0.3) is 0 Å². The molecule has 0 aliphatic rings. The first-order chi connectivity index (χ1) is 7.24. The average molecular weight is 207 g/mol. The van der Waals surface area contributed by atoms with Gasteiger partial charge >= 0.3 is 0 Å². The fourth-order valence-corrected chi connectivity index (χ4v) is 1.06. The summed E-state index contributed by atoms with van der Waals surface area (Å²) in [6.45, 7) is 3.80. The number of aromatic nitrogens is 2. The van der Waals surface area contributed by atoms with E-state index in [0.29, 0.717) is 19.4 Å². The molecule has 15 heavy (non-hydrogen) atoms. The molecule has 1 aromatic rings. The van der Waals surface area contributed by atoms with Gasteiger partial charge in [-0.15, -0.1) is 0 Å². The molecule has 5 heteroatoms. The lowest BCUT2D eigenvalue weighted by atomic mass is 10.3. The van der Waals surface area contributed by atoms with Crippen molar-refractivity contribution in [3.63, 3.8) is 0 Å². The number of hydrogen-bond donors (Lipinski definition) is 1. The van der Waals surface area contributed by atoms with E-state index in [9.17, 15) is 9.59 Å². The van der Waals surface area contributed by atoms with Crippen LogP contribution in [-0.2, 0) is 4.79 Å². The summed E-state index contributed by atoms with van der Waals surface area (Å²) < 4.78 is 1.43. The molecule has 0 aliphatic heterocycles. The lowest BCUT2D eigenvalue weighted by Crippen LogP contribution is -2.22. The van der Waals surface area contributed by atoms with Crippen molar-refractivity contribution in [2.45, 2.75) is 12.8 Å². The summed E-state index contributed by atoms with van der Waals surface area (Å²) in [5.74, 6) is -0.245. The molecule has 1 rings (SSSR count). The number of imidazole rings is 1. The molecule has 1 heterocycles. The van der Waals surface area contributed by atoms with E-state index in [1.165, 1.54) is 17.0 Å². The third kappa shape index (κ3) is 3.76. The Morgan fingerprint density at radius 3 is 2.93 bits per heavy atom. The van der Waals surface area contributed by atoms with Gasteiger partial charge in [0.2, 0.25) is 11.8 Å². The number of carbonyl (C=O) groups is 2. The topological polar surface area (TPSA) is 64.0 Å². The van der Waals surface area contributed by atoms with E-state index in [1.54, 1.807) is 12.4 Å². The second-order valence-corrected chi connectivity index (χ2v) is 2.96. The van der Waals surface area contributed by atoms with Crippen molar-refractivity contribution in [3.05, 3.63) is 31.4 Å². The summed E-state index contributed by atoms with van der Waals surface area (Å²) in [6, 6.07) is 0. The molecule has 0 aromatic carbocycles. The van der Waals surface area contributed by atoms with Crippen LogP contribution in [0, 0.1) is 0 Å². The maximum atomic E-state index is 11.4. The lowest BCUT2D eigenvalue weighted by molar-refractivity contribution is -0.116. The minimum atomic E-state index is -0.218. The number of nitrogens with one attached hydrogen (secondary N) is 1. The van der Waals surface area contributed by atoms with Crippen LogP contribution in [0.1, 0.15) is 17.6 Å². The zero-order valence-corrected chi connectivity index (χ0v) is 8.35. The third-order valence-electron chi connectivity index (χ3n) is 1.84. The summed E-state index contributed by atoms with van der Waals surface area (Å²) in [5.41, 5.74) is 0. The van der Waals surface area contributed by atoms with Gasteiger partial charge in [0.1, 0.15) is 6.33 Å². The third-order valence-corrected chi connectivity index (χ3v) is 1.84. The second kappa shape index (κ2) is 5.74. The van der Waals surface area contributed by atoms with Crippen LogP contribution in [-0.4, -0.2) is 27.9 Å².